The highest BCUT2D eigenvalue weighted by atomic mass is 32.1. The Morgan fingerprint density at radius 3 is 2.29 bits per heavy atom. The number of anilines is 1. The number of nitrogens with zero attached hydrogens (tertiary/aromatic N) is 2. The summed E-state index contributed by atoms with van der Waals surface area (Å²) >= 11 is 1.28. The number of aryl methyl sites for hydroxylation is 1. The van der Waals surface area contributed by atoms with Gasteiger partial charge in [-0.25, -0.2) is 0 Å². The molecule has 28 heavy (non-hydrogen) atoms. The molecular formula is C20H21N3O4S. The van der Waals surface area contributed by atoms with E-state index >= 15 is 0 Å². The van der Waals surface area contributed by atoms with Crippen molar-refractivity contribution < 1.29 is 19.0 Å². The lowest BCUT2D eigenvalue weighted by Gasteiger charge is -2.13. The Bertz CT molecular complexity index is 919. The molecule has 146 valence electrons. The van der Waals surface area contributed by atoms with Crippen LogP contribution in [0.3, 0.4) is 0 Å². The molecule has 0 aliphatic rings. The van der Waals surface area contributed by atoms with Crippen LogP contribution in [0.2, 0.25) is 0 Å². The van der Waals surface area contributed by atoms with E-state index in [1.54, 1.807) is 33.5 Å². The molecule has 0 atom stereocenters. The van der Waals surface area contributed by atoms with E-state index in [1.165, 1.54) is 11.3 Å². The molecule has 7 nitrogen and oxygen atoms in total. The van der Waals surface area contributed by atoms with Crippen molar-refractivity contribution in [2.45, 2.75) is 12.8 Å². The van der Waals surface area contributed by atoms with E-state index in [0.717, 1.165) is 11.1 Å². The summed E-state index contributed by atoms with van der Waals surface area (Å²) in [6.07, 6.45) is 1.05. The SMILES string of the molecule is COc1cc(-c2nnc(NC(=O)CCc3ccccc3)s2)cc(OC)c1OC. The lowest BCUT2D eigenvalue weighted by Crippen LogP contribution is -2.12. The number of nitrogens with one attached hydrogen (secondary N) is 1. The summed E-state index contributed by atoms with van der Waals surface area (Å²) in [4.78, 5) is 12.2. The average molecular weight is 399 g/mol. The first-order chi connectivity index (χ1) is 13.6. The fourth-order valence-electron chi connectivity index (χ4n) is 2.68. The Kier molecular flexibility index (Phi) is 6.44. The van der Waals surface area contributed by atoms with Crippen molar-refractivity contribution in [1.82, 2.24) is 10.2 Å². The van der Waals surface area contributed by atoms with Crippen molar-refractivity contribution in [3.63, 3.8) is 0 Å². The van der Waals surface area contributed by atoms with E-state index < -0.39 is 0 Å². The first kappa shape index (κ1) is 19.6. The smallest absolute Gasteiger partial charge is 0.226 e. The summed E-state index contributed by atoms with van der Waals surface area (Å²) in [7, 11) is 4.66. The van der Waals surface area contributed by atoms with Crippen molar-refractivity contribution in [2.24, 2.45) is 0 Å². The van der Waals surface area contributed by atoms with Crippen LogP contribution in [-0.4, -0.2) is 37.4 Å². The van der Waals surface area contributed by atoms with Gasteiger partial charge in [0.2, 0.25) is 16.8 Å². The van der Waals surface area contributed by atoms with E-state index in [9.17, 15) is 4.79 Å². The fourth-order valence-corrected chi connectivity index (χ4v) is 3.43. The molecule has 0 aliphatic heterocycles. The number of carbonyl (C=O) groups is 1. The molecule has 0 saturated carbocycles. The molecule has 0 bridgehead atoms. The number of methoxy groups -OCH3 is 3. The van der Waals surface area contributed by atoms with E-state index in [-0.39, 0.29) is 5.91 Å². The van der Waals surface area contributed by atoms with Crippen LogP contribution in [-0.2, 0) is 11.2 Å². The molecule has 1 heterocycles. The number of ether oxygens (including phenoxy) is 3. The third kappa shape index (κ3) is 4.58. The second-order valence-electron chi connectivity index (χ2n) is 5.86. The highest BCUT2D eigenvalue weighted by molar-refractivity contribution is 7.18. The van der Waals surface area contributed by atoms with Crippen molar-refractivity contribution in [3.8, 4) is 27.8 Å². The van der Waals surface area contributed by atoms with Gasteiger partial charge in [-0.05, 0) is 24.1 Å². The first-order valence-corrected chi connectivity index (χ1v) is 9.44. The van der Waals surface area contributed by atoms with Gasteiger partial charge in [-0.2, -0.15) is 0 Å². The second-order valence-corrected chi connectivity index (χ2v) is 6.84. The van der Waals surface area contributed by atoms with Gasteiger partial charge in [-0.15, -0.1) is 10.2 Å². The Labute approximate surface area is 167 Å². The zero-order valence-corrected chi connectivity index (χ0v) is 16.7. The van der Waals surface area contributed by atoms with Crippen LogP contribution in [0.1, 0.15) is 12.0 Å². The predicted molar refractivity (Wildman–Crippen MR) is 108 cm³/mol. The summed E-state index contributed by atoms with van der Waals surface area (Å²) in [6.45, 7) is 0. The van der Waals surface area contributed by atoms with Gasteiger partial charge in [-0.3, -0.25) is 4.79 Å². The van der Waals surface area contributed by atoms with Gasteiger partial charge in [0.15, 0.2) is 11.5 Å². The van der Waals surface area contributed by atoms with Crippen LogP contribution >= 0.6 is 11.3 Å². The molecule has 2 aromatic carbocycles. The summed E-state index contributed by atoms with van der Waals surface area (Å²) in [5, 5.41) is 12.1. The lowest BCUT2D eigenvalue weighted by atomic mass is 10.1. The Morgan fingerprint density at radius 2 is 1.68 bits per heavy atom. The maximum absolute atomic E-state index is 12.2. The van der Waals surface area contributed by atoms with E-state index in [4.69, 9.17) is 14.2 Å². The maximum Gasteiger partial charge on any atom is 0.226 e. The van der Waals surface area contributed by atoms with Gasteiger partial charge >= 0.3 is 0 Å². The Hall–Kier alpha value is -3.13. The lowest BCUT2D eigenvalue weighted by molar-refractivity contribution is -0.116. The second kappa shape index (κ2) is 9.18. The van der Waals surface area contributed by atoms with Crippen molar-refractivity contribution in [1.29, 1.82) is 0 Å². The number of rotatable bonds is 8. The molecule has 3 rings (SSSR count). The number of aromatic nitrogens is 2. The molecule has 1 N–H and O–H groups in total. The number of hydrogen-bond donors (Lipinski definition) is 1. The van der Waals surface area contributed by atoms with Crippen LogP contribution < -0.4 is 19.5 Å². The Morgan fingerprint density at radius 1 is 1.00 bits per heavy atom. The van der Waals surface area contributed by atoms with Crippen LogP contribution in [0.5, 0.6) is 17.2 Å². The summed E-state index contributed by atoms with van der Waals surface area (Å²) in [6, 6.07) is 13.5. The van der Waals surface area contributed by atoms with Crippen molar-refractivity contribution >= 4 is 22.4 Å². The molecule has 0 radical (unpaired) electrons. The molecule has 8 heteroatoms. The van der Waals surface area contributed by atoms with Crippen LogP contribution in [0, 0.1) is 0 Å². The fraction of sp³-hybridized carbons (Fsp3) is 0.250. The molecule has 0 spiro atoms. The normalized spacial score (nSPS) is 10.4. The maximum atomic E-state index is 12.2. The van der Waals surface area contributed by atoms with Gasteiger partial charge in [0.25, 0.3) is 0 Å². The number of carbonyl (C=O) groups excluding carboxylic acids is 1. The van der Waals surface area contributed by atoms with E-state index in [0.29, 0.717) is 40.2 Å². The van der Waals surface area contributed by atoms with Crippen molar-refractivity contribution in [3.05, 3.63) is 48.0 Å². The van der Waals surface area contributed by atoms with E-state index in [1.807, 2.05) is 30.3 Å². The molecule has 0 aliphatic carbocycles. The molecular weight excluding hydrogens is 378 g/mol. The zero-order valence-electron chi connectivity index (χ0n) is 15.9. The van der Waals surface area contributed by atoms with Crippen LogP contribution in [0.4, 0.5) is 5.13 Å². The number of benzene rings is 2. The quantitative estimate of drug-likeness (QED) is 0.620. The van der Waals surface area contributed by atoms with Gasteiger partial charge in [-0.1, -0.05) is 41.7 Å². The molecule has 0 saturated heterocycles. The molecule has 1 aromatic heterocycles. The molecule has 1 amide bonds. The minimum Gasteiger partial charge on any atom is -0.493 e. The molecule has 0 fully saturated rings. The van der Waals surface area contributed by atoms with Crippen LogP contribution in [0.15, 0.2) is 42.5 Å². The number of amides is 1. The van der Waals surface area contributed by atoms with Crippen molar-refractivity contribution in [2.75, 3.05) is 26.6 Å². The Balaban J connectivity index is 1.70. The van der Waals surface area contributed by atoms with Crippen LogP contribution in [0.25, 0.3) is 10.6 Å². The van der Waals surface area contributed by atoms with E-state index in [2.05, 4.69) is 15.5 Å². The minimum absolute atomic E-state index is 0.101. The zero-order chi connectivity index (χ0) is 19.9. The van der Waals surface area contributed by atoms with Gasteiger partial charge in [0, 0.05) is 12.0 Å². The third-order valence-electron chi connectivity index (χ3n) is 4.07. The predicted octanol–water partition coefficient (Wildman–Crippen LogP) is 3.80. The summed E-state index contributed by atoms with van der Waals surface area (Å²) < 4.78 is 16.1. The van der Waals surface area contributed by atoms with Gasteiger partial charge < -0.3 is 19.5 Å². The minimum atomic E-state index is -0.101. The largest absolute Gasteiger partial charge is 0.493 e. The number of hydrogen-bond acceptors (Lipinski definition) is 7. The summed E-state index contributed by atoms with van der Waals surface area (Å²) in [5.74, 6) is 1.46. The highest BCUT2D eigenvalue weighted by Crippen LogP contribution is 2.42. The average Bonchev–Trinajstić information content (AvgIpc) is 3.20. The first-order valence-electron chi connectivity index (χ1n) is 8.62. The summed E-state index contributed by atoms with van der Waals surface area (Å²) in [5.41, 5.74) is 1.88. The monoisotopic (exact) mass is 399 g/mol. The topological polar surface area (TPSA) is 82.6 Å². The highest BCUT2D eigenvalue weighted by Gasteiger charge is 2.17. The molecule has 3 aromatic rings. The molecule has 0 unspecified atom stereocenters. The van der Waals surface area contributed by atoms with Gasteiger partial charge in [0.1, 0.15) is 5.01 Å². The standard InChI is InChI=1S/C20H21N3O4S/c1-25-15-11-14(12-16(26-2)18(15)27-3)19-22-23-20(28-19)21-17(24)10-9-13-7-5-4-6-8-13/h4-8,11-12H,9-10H2,1-3H3,(H,21,23,24). The van der Waals surface area contributed by atoms with Gasteiger partial charge in [0.05, 0.1) is 21.3 Å². The third-order valence-corrected chi connectivity index (χ3v) is 4.95.